The van der Waals surface area contributed by atoms with Gasteiger partial charge in [0.05, 0.1) is 13.2 Å². The fraction of sp³-hybridized carbons (Fsp3) is 0.211. The van der Waals surface area contributed by atoms with Gasteiger partial charge in [-0.1, -0.05) is 24.3 Å². The Morgan fingerprint density at radius 2 is 1.92 bits per heavy atom. The molecule has 1 aliphatic heterocycles. The second-order valence-electron chi connectivity index (χ2n) is 5.77. The highest BCUT2D eigenvalue weighted by molar-refractivity contribution is 6.05. The lowest BCUT2D eigenvalue weighted by molar-refractivity contribution is -0.0229. The van der Waals surface area contributed by atoms with Gasteiger partial charge in [0.2, 0.25) is 0 Å². The van der Waals surface area contributed by atoms with Crippen LogP contribution in [0.25, 0.3) is 10.8 Å². The molecule has 0 unspecified atom stereocenters. The average molecular weight is 319 g/mol. The second-order valence-corrected chi connectivity index (χ2v) is 5.77. The highest BCUT2D eigenvalue weighted by atomic mass is 16.5. The average Bonchev–Trinajstić information content (AvgIpc) is 2.68. The van der Waals surface area contributed by atoms with E-state index in [4.69, 9.17) is 4.74 Å². The van der Waals surface area contributed by atoms with Gasteiger partial charge in [-0.05, 0) is 29.1 Å². The van der Waals surface area contributed by atoms with Crippen LogP contribution < -0.4 is 0 Å². The summed E-state index contributed by atoms with van der Waals surface area (Å²) in [5.74, 6) is -0.0471. The van der Waals surface area contributed by atoms with Gasteiger partial charge >= 0.3 is 0 Å². The van der Waals surface area contributed by atoms with Crippen LogP contribution in [0.4, 0.5) is 0 Å². The SMILES string of the molecule is O=C(c1nccc2ccccc12)N1CCO[C@H](c2ccncc2)C1. The molecule has 0 bridgehead atoms. The van der Waals surface area contributed by atoms with Crippen molar-refractivity contribution >= 4 is 16.7 Å². The number of hydrogen-bond donors (Lipinski definition) is 0. The van der Waals surface area contributed by atoms with Gasteiger partial charge in [0.25, 0.3) is 5.91 Å². The molecule has 1 amide bonds. The number of carbonyl (C=O) groups is 1. The summed E-state index contributed by atoms with van der Waals surface area (Å²) in [6.45, 7) is 1.61. The topological polar surface area (TPSA) is 55.3 Å². The fourth-order valence-corrected chi connectivity index (χ4v) is 3.05. The van der Waals surface area contributed by atoms with Crippen molar-refractivity contribution in [2.24, 2.45) is 0 Å². The third kappa shape index (κ3) is 2.74. The van der Waals surface area contributed by atoms with E-state index in [2.05, 4.69) is 9.97 Å². The predicted molar refractivity (Wildman–Crippen MR) is 90.6 cm³/mol. The summed E-state index contributed by atoms with van der Waals surface area (Å²) in [5.41, 5.74) is 1.54. The van der Waals surface area contributed by atoms with Gasteiger partial charge in [0.1, 0.15) is 11.8 Å². The lowest BCUT2D eigenvalue weighted by Crippen LogP contribution is -2.42. The highest BCUT2D eigenvalue weighted by Gasteiger charge is 2.27. The van der Waals surface area contributed by atoms with Crippen LogP contribution in [0, 0.1) is 0 Å². The van der Waals surface area contributed by atoms with Gasteiger partial charge < -0.3 is 9.64 Å². The number of pyridine rings is 2. The van der Waals surface area contributed by atoms with Crippen molar-refractivity contribution in [3.05, 3.63) is 72.3 Å². The van der Waals surface area contributed by atoms with Crippen molar-refractivity contribution in [2.75, 3.05) is 19.7 Å². The van der Waals surface area contributed by atoms with Gasteiger partial charge in [0, 0.05) is 30.5 Å². The molecule has 5 nitrogen and oxygen atoms in total. The smallest absolute Gasteiger partial charge is 0.273 e. The Bertz CT molecular complexity index is 861. The molecule has 1 aliphatic rings. The molecular formula is C19H17N3O2. The summed E-state index contributed by atoms with van der Waals surface area (Å²) >= 11 is 0. The zero-order chi connectivity index (χ0) is 16.4. The molecule has 1 saturated heterocycles. The fourth-order valence-electron chi connectivity index (χ4n) is 3.05. The Kier molecular flexibility index (Phi) is 3.92. The molecule has 3 heterocycles. The lowest BCUT2D eigenvalue weighted by Gasteiger charge is -2.33. The Hall–Kier alpha value is -2.79. The standard InChI is InChI=1S/C19H17N3O2/c23-19(18-16-4-2-1-3-14(16)7-10-21-18)22-11-12-24-17(13-22)15-5-8-20-9-6-15/h1-10,17H,11-13H2/t17-/m0/s1. The minimum atomic E-state index is -0.124. The van der Waals surface area contributed by atoms with Gasteiger partial charge in [-0.25, -0.2) is 0 Å². The molecule has 2 aromatic heterocycles. The summed E-state index contributed by atoms with van der Waals surface area (Å²) in [7, 11) is 0. The molecule has 0 N–H and O–H groups in total. The number of hydrogen-bond acceptors (Lipinski definition) is 4. The van der Waals surface area contributed by atoms with Crippen molar-refractivity contribution in [3.63, 3.8) is 0 Å². The molecule has 0 spiro atoms. The molecule has 0 aliphatic carbocycles. The summed E-state index contributed by atoms with van der Waals surface area (Å²) in [6.07, 6.45) is 5.05. The van der Waals surface area contributed by atoms with E-state index in [-0.39, 0.29) is 12.0 Å². The first-order chi connectivity index (χ1) is 11.8. The van der Waals surface area contributed by atoms with E-state index in [9.17, 15) is 4.79 Å². The number of amides is 1. The number of fused-ring (bicyclic) bond motifs is 1. The molecular weight excluding hydrogens is 302 g/mol. The molecule has 0 saturated carbocycles. The maximum Gasteiger partial charge on any atom is 0.273 e. The van der Waals surface area contributed by atoms with Gasteiger partial charge in [-0.15, -0.1) is 0 Å². The third-order valence-electron chi connectivity index (χ3n) is 4.31. The van der Waals surface area contributed by atoms with Crippen LogP contribution in [-0.2, 0) is 4.74 Å². The Morgan fingerprint density at radius 3 is 2.79 bits per heavy atom. The number of morpholine rings is 1. The third-order valence-corrected chi connectivity index (χ3v) is 4.31. The first kappa shape index (κ1) is 14.8. The number of aromatic nitrogens is 2. The van der Waals surface area contributed by atoms with E-state index >= 15 is 0 Å². The second kappa shape index (κ2) is 6.37. The number of benzene rings is 1. The first-order valence-electron chi connectivity index (χ1n) is 7.97. The monoisotopic (exact) mass is 319 g/mol. The van der Waals surface area contributed by atoms with Crippen LogP contribution >= 0.6 is 0 Å². The minimum absolute atomic E-state index is 0.0471. The van der Waals surface area contributed by atoms with E-state index in [1.54, 1.807) is 18.6 Å². The number of rotatable bonds is 2. The molecule has 1 aromatic carbocycles. The highest BCUT2D eigenvalue weighted by Crippen LogP contribution is 2.24. The van der Waals surface area contributed by atoms with Crippen molar-refractivity contribution in [2.45, 2.75) is 6.10 Å². The zero-order valence-corrected chi connectivity index (χ0v) is 13.1. The molecule has 0 radical (unpaired) electrons. The normalized spacial score (nSPS) is 17.8. The molecule has 5 heteroatoms. The number of carbonyl (C=O) groups excluding carboxylic acids is 1. The molecule has 120 valence electrons. The summed E-state index contributed by atoms with van der Waals surface area (Å²) in [4.78, 5) is 23.2. The Balaban J connectivity index is 1.62. The van der Waals surface area contributed by atoms with Crippen LogP contribution in [-0.4, -0.2) is 40.5 Å². The van der Waals surface area contributed by atoms with Crippen LogP contribution in [0.1, 0.15) is 22.2 Å². The van der Waals surface area contributed by atoms with E-state index < -0.39 is 0 Å². The molecule has 24 heavy (non-hydrogen) atoms. The van der Waals surface area contributed by atoms with E-state index in [0.717, 1.165) is 16.3 Å². The van der Waals surface area contributed by atoms with E-state index in [1.165, 1.54) is 0 Å². The maximum absolute atomic E-state index is 13.0. The van der Waals surface area contributed by atoms with Crippen LogP contribution in [0.15, 0.2) is 61.1 Å². The van der Waals surface area contributed by atoms with Gasteiger partial charge in [0.15, 0.2) is 0 Å². The van der Waals surface area contributed by atoms with E-state index in [0.29, 0.717) is 25.4 Å². The zero-order valence-electron chi connectivity index (χ0n) is 13.1. The number of nitrogens with zero attached hydrogens (tertiary/aromatic N) is 3. The molecule has 4 rings (SSSR count). The summed E-state index contributed by atoms with van der Waals surface area (Å²) in [6, 6.07) is 13.6. The number of ether oxygens (including phenoxy) is 1. The largest absolute Gasteiger partial charge is 0.370 e. The summed E-state index contributed by atoms with van der Waals surface area (Å²) < 4.78 is 5.83. The quantitative estimate of drug-likeness (QED) is 0.729. The Morgan fingerprint density at radius 1 is 1.08 bits per heavy atom. The van der Waals surface area contributed by atoms with Crippen molar-refractivity contribution in [1.29, 1.82) is 0 Å². The maximum atomic E-state index is 13.0. The Labute approximate surface area is 139 Å². The predicted octanol–water partition coefficient (Wildman–Crippen LogP) is 2.84. The van der Waals surface area contributed by atoms with Crippen molar-refractivity contribution in [3.8, 4) is 0 Å². The van der Waals surface area contributed by atoms with Crippen molar-refractivity contribution in [1.82, 2.24) is 14.9 Å². The van der Waals surface area contributed by atoms with Gasteiger partial charge in [-0.3, -0.25) is 14.8 Å². The van der Waals surface area contributed by atoms with Crippen LogP contribution in [0.2, 0.25) is 0 Å². The lowest BCUT2D eigenvalue weighted by atomic mass is 10.1. The van der Waals surface area contributed by atoms with Gasteiger partial charge in [-0.2, -0.15) is 0 Å². The van der Waals surface area contributed by atoms with E-state index in [1.807, 2.05) is 47.4 Å². The summed E-state index contributed by atoms with van der Waals surface area (Å²) in [5, 5.41) is 1.91. The molecule has 1 fully saturated rings. The van der Waals surface area contributed by atoms with Crippen LogP contribution in [0.5, 0.6) is 0 Å². The first-order valence-corrected chi connectivity index (χ1v) is 7.97. The molecule has 3 aromatic rings. The van der Waals surface area contributed by atoms with Crippen LogP contribution in [0.3, 0.4) is 0 Å². The minimum Gasteiger partial charge on any atom is -0.370 e. The van der Waals surface area contributed by atoms with Crippen molar-refractivity contribution < 1.29 is 9.53 Å². The molecule has 1 atom stereocenters.